The number of anilines is 1. The summed E-state index contributed by atoms with van der Waals surface area (Å²) < 4.78 is 1.36. The molecule has 3 aromatic rings. The van der Waals surface area contributed by atoms with Crippen LogP contribution in [0.15, 0.2) is 54.7 Å². The summed E-state index contributed by atoms with van der Waals surface area (Å²) in [7, 11) is 0. The Labute approximate surface area is 192 Å². The molecule has 0 aliphatic carbocycles. The molecule has 5 amide bonds. The van der Waals surface area contributed by atoms with Gasteiger partial charge in [0.2, 0.25) is 17.7 Å². The van der Waals surface area contributed by atoms with Gasteiger partial charge in [-0.05, 0) is 18.6 Å². The molecule has 1 atom stereocenters. The maximum Gasteiger partial charge on any atom is 0.264 e. The largest absolute Gasteiger partial charge is 0.324 e. The van der Waals surface area contributed by atoms with Gasteiger partial charge in [-0.1, -0.05) is 41.6 Å². The number of piperidine rings is 1. The lowest BCUT2D eigenvalue weighted by atomic mass is 10.0. The highest BCUT2D eigenvalue weighted by atomic mass is 16.2. The summed E-state index contributed by atoms with van der Waals surface area (Å²) in [6.07, 6.45) is 1.70. The Balaban J connectivity index is 1.34. The molecule has 5 rings (SSSR count). The number of nitrogens with one attached hydrogen (secondary N) is 2. The van der Waals surface area contributed by atoms with Gasteiger partial charge >= 0.3 is 0 Å². The third kappa shape index (κ3) is 3.72. The molecule has 3 heterocycles. The summed E-state index contributed by atoms with van der Waals surface area (Å²) in [6, 6.07) is 12.8. The summed E-state index contributed by atoms with van der Waals surface area (Å²) in [5, 5.41) is 12.8. The van der Waals surface area contributed by atoms with Gasteiger partial charge in [-0.3, -0.25) is 34.2 Å². The van der Waals surface area contributed by atoms with Crippen LogP contribution in [-0.2, 0) is 20.9 Å². The lowest BCUT2D eigenvalue weighted by Gasteiger charge is -2.27. The second kappa shape index (κ2) is 8.35. The Morgan fingerprint density at radius 3 is 2.59 bits per heavy atom. The Morgan fingerprint density at radius 1 is 1.03 bits per heavy atom. The van der Waals surface area contributed by atoms with E-state index in [4.69, 9.17) is 0 Å². The number of carbonyl (C=O) groups is 5. The van der Waals surface area contributed by atoms with Gasteiger partial charge in [-0.2, -0.15) is 0 Å². The van der Waals surface area contributed by atoms with Gasteiger partial charge in [0.15, 0.2) is 0 Å². The van der Waals surface area contributed by atoms with Crippen molar-refractivity contribution in [3.63, 3.8) is 0 Å². The van der Waals surface area contributed by atoms with Gasteiger partial charge in [0, 0.05) is 12.0 Å². The molecule has 0 saturated carbocycles. The third-order valence-electron chi connectivity index (χ3n) is 5.66. The standard InChI is InChI=1S/C23H18N6O5/c30-18-10-9-17(21(32)25-18)29-22(33)14-7-4-8-15(20(14)23(29)34)24-19(31)12-28-11-16(26-27-28)13-5-2-1-3-6-13/h1-8,11,17H,9-10,12H2,(H,24,31)(H,25,30,32). The van der Waals surface area contributed by atoms with Crippen LogP contribution in [0, 0.1) is 0 Å². The predicted molar refractivity (Wildman–Crippen MR) is 117 cm³/mol. The third-order valence-corrected chi connectivity index (χ3v) is 5.66. The molecule has 11 nitrogen and oxygen atoms in total. The number of benzene rings is 2. The van der Waals surface area contributed by atoms with Crippen LogP contribution in [-0.4, -0.2) is 55.5 Å². The van der Waals surface area contributed by atoms with Crippen LogP contribution in [0.3, 0.4) is 0 Å². The molecule has 2 aliphatic rings. The first-order valence-corrected chi connectivity index (χ1v) is 10.5. The van der Waals surface area contributed by atoms with E-state index >= 15 is 0 Å². The molecule has 2 aromatic carbocycles. The molecule has 2 N–H and O–H groups in total. The topological polar surface area (TPSA) is 143 Å². The van der Waals surface area contributed by atoms with E-state index in [-0.39, 0.29) is 36.2 Å². The van der Waals surface area contributed by atoms with Gasteiger partial charge in [-0.25, -0.2) is 4.68 Å². The van der Waals surface area contributed by atoms with Crippen molar-refractivity contribution in [1.29, 1.82) is 0 Å². The Kier molecular flexibility index (Phi) is 5.21. The van der Waals surface area contributed by atoms with Crippen molar-refractivity contribution < 1.29 is 24.0 Å². The Morgan fingerprint density at radius 2 is 1.82 bits per heavy atom. The predicted octanol–water partition coefficient (Wildman–Crippen LogP) is 0.985. The second-order valence-corrected chi connectivity index (χ2v) is 7.89. The van der Waals surface area contributed by atoms with E-state index in [1.807, 2.05) is 30.3 Å². The summed E-state index contributed by atoms with van der Waals surface area (Å²) in [4.78, 5) is 63.2. The zero-order valence-electron chi connectivity index (χ0n) is 17.7. The molecule has 1 unspecified atom stereocenters. The van der Waals surface area contributed by atoms with Crippen molar-refractivity contribution in [2.24, 2.45) is 0 Å². The smallest absolute Gasteiger partial charge is 0.264 e. The molecule has 0 bridgehead atoms. The maximum atomic E-state index is 13.1. The van der Waals surface area contributed by atoms with Crippen LogP contribution in [0.2, 0.25) is 0 Å². The highest BCUT2D eigenvalue weighted by Gasteiger charge is 2.45. The molecule has 2 aliphatic heterocycles. The van der Waals surface area contributed by atoms with Crippen molar-refractivity contribution in [3.05, 3.63) is 65.9 Å². The quantitative estimate of drug-likeness (QED) is 0.543. The highest BCUT2D eigenvalue weighted by Crippen LogP contribution is 2.32. The van der Waals surface area contributed by atoms with Crippen molar-refractivity contribution >= 4 is 35.2 Å². The number of nitrogens with zero attached hydrogens (tertiary/aromatic N) is 4. The molecular weight excluding hydrogens is 440 g/mol. The molecule has 0 spiro atoms. The minimum absolute atomic E-state index is 0.00844. The summed E-state index contributed by atoms with van der Waals surface area (Å²) in [6.45, 7) is -0.164. The average Bonchev–Trinajstić information content (AvgIpc) is 3.38. The summed E-state index contributed by atoms with van der Waals surface area (Å²) >= 11 is 0. The van der Waals surface area contributed by atoms with Crippen LogP contribution < -0.4 is 10.6 Å². The van der Waals surface area contributed by atoms with Crippen molar-refractivity contribution in [2.75, 3.05) is 5.32 Å². The number of amides is 5. The first kappa shape index (κ1) is 21.2. The molecular formula is C23H18N6O5. The fraction of sp³-hybridized carbons (Fsp3) is 0.174. The zero-order valence-corrected chi connectivity index (χ0v) is 17.7. The van der Waals surface area contributed by atoms with Crippen molar-refractivity contribution in [3.8, 4) is 11.3 Å². The van der Waals surface area contributed by atoms with Crippen LogP contribution >= 0.6 is 0 Å². The number of aromatic nitrogens is 3. The minimum atomic E-state index is -1.08. The normalized spacial score (nSPS) is 17.5. The fourth-order valence-corrected chi connectivity index (χ4v) is 4.07. The molecule has 11 heteroatoms. The molecule has 1 fully saturated rings. The van der Waals surface area contributed by atoms with Crippen molar-refractivity contribution in [2.45, 2.75) is 25.4 Å². The molecule has 1 saturated heterocycles. The van der Waals surface area contributed by atoms with E-state index < -0.39 is 35.6 Å². The number of imide groups is 2. The lowest BCUT2D eigenvalue weighted by Crippen LogP contribution is -2.54. The average molecular weight is 458 g/mol. The number of hydrogen-bond donors (Lipinski definition) is 2. The Hall–Kier alpha value is -4.67. The van der Waals surface area contributed by atoms with E-state index in [0.717, 1.165) is 10.5 Å². The van der Waals surface area contributed by atoms with Crippen LogP contribution in [0.4, 0.5) is 5.69 Å². The number of fused-ring (bicyclic) bond motifs is 1. The van der Waals surface area contributed by atoms with Crippen molar-refractivity contribution in [1.82, 2.24) is 25.2 Å². The van der Waals surface area contributed by atoms with Gasteiger partial charge < -0.3 is 5.32 Å². The Bertz CT molecular complexity index is 1350. The number of hydrogen-bond acceptors (Lipinski definition) is 7. The monoisotopic (exact) mass is 458 g/mol. The second-order valence-electron chi connectivity index (χ2n) is 7.89. The van der Waals surface area contributed by atoms with E-state index in [1.165, 1.54) is 22.9 Å². The van der Waals surface area contributed by atoms with Gasteiger partial charge in [0.05, 0.1) is 23.0 Å². The van der Waals surface area contributed by atoms with Crippen LogP contribution in [0.1, 0.15) is 33.6 Å². The molecule has 1 aromatic heterocycles. The summed E-state index contributed by atoms with van der Waals surface area (Å²) in [5.74, 6) is -2.96. The maximum absolute atomic E-state index is 13.1. The van der Waals surface area contributed by atoms with Gasteiger partial charge in [0.1, 0.15) is 18.3 Å². The fourth-order valence-electron chi connectivity index (χ4n) is 4.07. The van der Waals surface area contributed by atoms with Crippen LogP contribution in [0.25, 0.3) is 11.3 Å². The number of carbonyl (C=O) groups excluding carboxylic acids is 5. The van der Waals surface area contributed by atoms with E-state index in [0.29, 0.717) is 5.69 Å². The van der Waals surface area contributed by atoms with Crippen LogP contribution in [0.5, 0.6) is 0 Å². The van der Waals surface area contributed by atoms with E-state index in [2.05, 4.69) is 20.9 Å². The highest BCUT2D eigenvalue weighted by molar-refractivity contribution is 6.26. The van der Waals surface area contributed by atoms with E-state index in [9.17, 15) is 24.0 Å². The van der Waals surface area contributed by atoms with E-state index in [1.54, 1.807) is 6.20 Å². The molecule has 170 valence electrons. The SMILES string of the molecule is O=C1CCC(N2C(=O)c3cccc(NC(=O)Cn4cc(-c5ccccc5)nn4)c3C2=O)C(=O)N1. The molecule has 34 heavy (non-hydrogen) atoms. The first-order chi connectivity index (χ1) is 16.4. The zero-order chi connectivity index (χ0) is 23.8. The summed E-state index contributed by atoms with van der Waals surface area (Å²) in [5.41, 5.74) is 1.70. The molecule has 0 radical (unpaired) electrons. The first-order valence-electron chi connectivity index (χ1n) is 10.5. The number of rotatable bonds is 5. The minimum Gasteiger partial charge on any atom is -0.324 e. The van der Waals surface area contributed by atoms with Gasteiger partial charge in [0.25, 0.3) is 11.8 Å². The lowest BCUT2D eigenvalue weighted by molar-refractivity contribution is -0.136. The van der Waals surface area contributed by atoms with Gasteiger partial charge in [-0.15, -0.1) is 5.10 Å².